The summed E-state index contributed by atoms with van der Waals surface area (Å²) >= 11 is 3.15. The van der Waals surface area contributed by atoms with Crippen LogP contribution in [0.1, 0.15) is 11.1 Å². The van der Waals surface area contributed by atoms with Gasteiger partial charge < -0.3 is 9.92 Å². The summed E-state index contributed by atoms with van der Waals surface area (Å²) < 4.78 is 47.2. The van der Waals surface area contributed by atoms with Crippen LogP contribution in [0.15, 0.2) is 99.6 Å². The van der Waals surface area contributed by atoms with Crippen molar-refractivity contribution in [2.45, 2.75) is 10.4 Å². The van der Waals surface area contributed by atoms with Gasteiger partial charge in [-0.05, 0) is 69.5 Å². The SMILES string of the molecule is CN1C(=O)C(c2ccc(OS(=O)(=O)c3ccccc3-n3cccn3)cc2)(c2ccc(F)c(Br)c2)N=C1N. The van der Waals surface area contributed by atoms with Crippen molar-refractivity contribution in [3.05, 3.63) is 107 Å². The van der Waals surface area contributed by atoms with Gasteiger partial charge in [-0.15, -0.1) is 0 Å². The molecule has 2 N–H and O–H groups in total. The molecule has 9 nitrogen and oxygen atoms in total. The quantitative estimate of drug-likeness (QED) is 0.346. The highest BCUT2D eigenvalue weighted by atomic mass is 79.9. The highest BCUT2D eigenvalue weighted by Gasteiger charge is 2.49. The molecule has 37 heavy (non-hydrogen) atoms. The Hall–Kier alpha value is -4.03. The zero-order valence-electron chi connectivity index (χ0n) is 19.2. The second kappa shape index (κ2) is 9.12. The molecule has 0 saturated carbocycles. The Kier molecular flexibility index (Phi) is 6.08. The van der Waals surface area contributed by atoms with Gasteiger partial charge in [-0.2, -0.15) is 13.5 Å². The van der Waals surface area contributed by atoms with Crippen molar-refractivity contribution in [2.75, 3.05) is 7.05 Å². The summed E-state index contributed by atoms with van der Waals surface area (Å²) in [6.45, 7) is 0. The molecule has 1 aliphatic rings. The van der Waals surface area contributed by atoms with Gasteiger partial charge >= 0.3 is 10.1 Å². The van der Waals surface area contributed by atoms with Gasteiger partial charge in [0, 0.05) is 19.4 Å². The molecule has 3 aromatic carbocycles. The van der Waals surface area contributed by atoms with Gasteiger partial charge in [0.2, 0.25) is 0 Å². The average molecular weight is 584 g/mol. The third-order valence-corrected chi connectivity index (χ3v) is 7.84. The third kappa shape index (κ3) is 4.17. The van der Waals surface area contributed by atoms with Crippen LogP contribution in [0.5, 0.6) is 5.75 Å². The first-order valence-electron chi connectivity index (χ1n) is 10.9. The van der Waals surface area contributed by atoms with Crippen LogP contribution in [0, 0.1) is 5.82 Å². The van der Waals surface area contributed by atoms with Crippen molar-refractivity contribution >= 4 is 37.9 Å². The van der Waals surface area contributed by atoms with E-state index in [1.54, 1.807) is 30.5 Å². The Balaban J connectivity index is 1.53. The third-order valence-electron chi connectivity index (χ3n) is 5.94. The minimum absolute atomic E-state index is 0.0106. The molecule has 1 unspecified atom stereocenters. The van der Waals surface area contributed by atoms with Gasteiger partial charge in [-0.1, -0.05) is 30.3 Å². The van der Waals surface area contributed by atoms with Crippen LogP contribution in [0.4, 0.5) is 4.39 Å². The monoisotopic (exact) mass is 583 g/mol. The summed E-state index contributed by atoms with van der Waals surface area (Å²) in [4.78, 5) is 19.0. The molecule has 1 amide bonds. The van der Waals surface area contributed by atoms with Crippen LogP contribution in [0.3, 0.4) is 0 Å². The smallest absolute Gasteiger partial charge is 0.341 e. The summed E-state index contributed by atoms with van der Waals surface area (Å²) in [5, 5.41) is 4.10. The van der Waals surface area contributed by atoms with Crippen molar-refractivity contribution in [3.63, 3.8) is 0 Å². The van der Waals surface area contributed by atoms with Gasteiger partial charge in [-0.3, -0.25) is 9.69 Å². The van der Waals surface area contributed by atoms with Crippen LogP contribution < -0.4 is 9.92 Å². The zero-order valence-corrected chi connectivity index (χ0v) is 21.6. The van der Waals surface area contributed by atoms with E-state index in [0.717, 1.165) is 0 Å². The van der Waals surface area contributed by atoms with Crippen molar-refractivity contribution in [2.24, 2.45) is 10.7 Å². The minimum atomic E-state index is -4.24. The molecule has 1 aliphatic heterocycles. The molecule has 1 aromatic heterocycles. The molecule has 0 bridgehead atoms. The van der Waals surface area contributed by atoms with E-state index < -0.39 is 27.4 Å². The number of nitrogens with two attached hydrogens (primary N) is 1. The van der Waals surface area contributed by atoms with Gasteiger partial charge in [0.1, 0.15) is 16.5 Å². The topological polar surface area (TPSA) is 120 Å². The lowest BCUT2D eigenvalue weighted by Gasteiger charge is -2.26. The van der Waals surface area contributed by atoms with E-state index in [0.29, 0.717) is 16.8 Å². The molecule has 0 aliphatic carbocycles. The van der Waals surface area contributed by atoms with E-state index in [4.69, 9.17) is 9.92 Å². The lowest BCUT2D eigenvalue weighted by molar-refractivity contribution is -0.129. The summed E-state index contributed by atoms with van der Waals surface area (Å²) in [7, 11) is -2.75. The lowest BCUT2D eigenvalue weighted by atomic mass is 9.83. The number of aliphatic imine (C=N–C) groups is 1. The van der Waals surface area contributed by atoms with Crippen LogP contribution in [0.2, 0.25) is 0 Å². The highest BCUT2D eigenvalue weighted by Crippen LogP contribution is 2.41. The van der Waals surface area contributed by atoms with Crippen LogP contribution in [-0.2, 0) is 20.5 Å². The van der Waals surface area contributed by atoms with Crippen molar-refractivity contribution in [1.29, 1.82) is 0 Å². The van der Waals surface area contributed by atoms with Gasteiger partial charge in [0.15, 0.2) is 11.5 Å². The predicted molar refractivity (Wildman–Crippen MR) is 137 cm³/mol. The Morgan fingerprint density at radius 2 is 1.73 bits per heavy atom. The Morgan fingerprint density at radius 3 is 2.35 bits per heavy atom. The minimum Gasteiger partial charge on any atom is -0.379 e. The van der Waals surface area contributed by atoms with Gasteiger partial charge in [-0.25, -0.2) is 14.1 Å². The number of carbonyl (C=O) groups excluding carboxylic acids is 1. The molecule has 1 atom stereocenters. The number of nitrogens with zero attached hydrogens (tertiary/aromatic N) is 4. The molecule has 0 spiro atoms. The maximum absolute atomic E-state index is 14.0. The van der Waals surface area contributed by atoms with Crippen molar-refractivity contribution in [3.8, 4) is 11.4 Å². The van der Waals surface area contributed by atoms with Crippen molar-refractivity contribution < 1.29 is 21.8 Å². The van der Waals surface area contributed by atoms with Crippen LogP contribution in [-0.4, -0.2) is 42.0 Å². The second-order valence-corrected chi connectivity index (χ2v) is 10.5. The summed E-state index contributed by atoms with van der Waals surface area (Å²) in [5.74, 6) is -0.939. The summed E-state index contributed by atoms with van der Waals surface area (Å²) in [5.41, 5.74) is 5.50. The maximum Gasteiger partial charge on any atom is 0.341 e. The first-order chi connectivity index (χ1) is 17.6. The first kappa shape index (κ1) is 24.7. The molecule has 0 fully saturated rings. The second-order valence-electron chi connectivity index (χ2n) is 8.15. The number of hydrogen-bond acceptors (Lipinski definition) is 7. The lowest BCUT2D eigenvalue weighted by Crippen LogP contribution is -2.41. The number of halogens is 2. The fraction of sp³-hybridized carbons (Fsp3) is 0.0800. The Bertz CT molecular complexity index is 1640. The number of guanidine groups is 1. The Morgan fingerprint density at radius 1 is 1.03 bits per heavy atom. The average Bonchev–Trinajstić information content (AvgIpc) is 3.50. The summed E-state index contributed by atoms with van der Waals surface area (Å²) in [6.07, 6.45) is 3.16. The zero-order chi connectivity index (χ0) is 26.4. The number of amides is 1. The molecule has 2 heterocycles. The molecule has 12 heteroatoms. The fourth-order valence-electron chi connectivity index (χ4n) is 4.10. The van der Waals surface area contributed by atoms with Gasteiger partial charge in [0.05, 0.1) is 10.2 Å². The first-order valence-corrected chi connectivity index (χ1v) is 13.1. The number of para-hydroxylation sites is 1. The maximum atomic E-state index is 14.0. The fourth-order valence-corrected chi connectivity index (χ4v) is 5.59. The number of benzene rings is 3. The van der Waals surface area contributed by atoms with E-state index in [1.165, 1.54) is 71.4 Å². The molecular formula is C25H19BrFN5O4S. The normalized spacial score (nSPS) is 17.6. The van der Waals surface area contributed by atoms with E-state index in [-0.39, 0.29) is 21.1 Å². The number of carbonyl (C=O) groups is 1. The molecule has 5 rings (SSSR count). The summed E-state index contributed by atoms with van der Waals surface area (Å²) in [6, 6.07) is 18.0. The highest BCUT2D eigenvalue weighted by molar-refractivity contribution is 9.10. The van der Waals surface area contributed by atoms with Crippen molar-refractivity contribution in [1.82, 2.24) is 14.7 Å². The van der Waals surface area contributed by atoms with E-state index in [2.05, 4.69) is 26.0 Å². The predicted octanol–water partition coefficient (Wildman–Crippen LogP) is 3.57. The molecule has 0 radical (unpaired) electrons. The number of likely N-dealkylation sites (N-methyl/N-ethyl adjacent to an activating group) is 1. The van der Waals surface area contributed by atoms with E-state index in [9.17, 15) is 17.6 Å². The van der Waals surface area contributed by atoms with E-state index >= 15 is 0 Å². The molecular weight excluding hydrogens is 565 g/mol. The van der Waals surface area contributed by atoms with Crippen LogP contribution >= 0.6 is 15.9 Å². The molecule has 188 valence electrons. The number of hydrogen-bond donors (Lipinski definition) is 1. The standard InChI is InChI=1S/C25H19BrFN5O4S/c1-31-23(33)25(30-24(31)28,17-9-12-20(27)19(26)15-17)16-7-10-18(11-8-16)36-37(34,35)22-6-3-2-5-21(22)32-14-4-13-29-32/h2-15H,1H3,(H2,28,30). The molecule has 4 aromatic rings. The largest absolute Gasteiger partial charge is 0.379 e. The Labute approximate surface area is 220 Å². The van der Waals surface area contributed by atoms with Crippen LogP contribution in [0.25, 0.3) is 5.69 Å². The number of rotatable bonds is 6. The number of aromatic nitrogens is 2. The van der Waals surface area contributed by atoms with E-state index in [1.807, 2.05) is 0 Å². The molecule has 0 saturated heterocycles. The van der Waals surface area contributed by atoms with Gasteiger partial charge in [0.25, 0.3) is 5.91 Å².